The van der Waals surface area contributed by atoms with E-state index in [1.807, 2.05) is 0 Å². The molecule has 0 fully saturated rings. The summed E-state index contributed by atoms with van der Waals surface area (Å²) in [6, 6.07) is 15.1. The van der Waals surface area contributed by atoms with Crippen molar-refractivity contribution in [2.24, 2.45) is 0 Å². The van der Waals surface area contributed by atoms with Gasteiger partial charge >= 0.3 is 0 Å². The Morgan fingerprint density at radius 2 is 1.77 bits per heavy atom. The third-order valence-electron chi connectivity index (χ3n) is 4.29. The third-order valence-corrected chi connectivity index (χ3v) is 6.10. The van der Waals surface area contributed by atoms with E-state index in [-0.39, 0.29) is 21.9 Å². The summed E-state index contributed by atoms with van der Waals surface area (Å²) in [6.45, 7) is 0. The third kappa shape index (κ3) is 4.53. The van der Waals surface area contributed by atoms with Gasteiger partial charge < -0.3 is 4.42 Å². The van der Waals surface area contributed by atoms with Crippen molar-refractivity contribution < 1.29 is 22.6 Å². The van der Waals surface area contributed by atoms with Crippen LogP contribution in [0.2, 0.25) is 0 Å². The highest BCUT2D eigenvalue weighted by molar-refractivity contribution is 7.89. The monoisotopic (exact) mass is 426 g/mol. The van der Waals surface area contributed by atoms with E-state index < -0.39 is 14.9 Å². The molecule has 0 aliphatic rings. The molecule has 0 unspecified atom stereocenters. The van der Waals surface area contributed by atoms with Crippen LogP contribution in [0.25, 0.3) is 17.4 Å². The van der Waals surface area contributed by atoms with Crippen molar-refractivity contribution in [2.75, 3.05) is 14.1 Å². The smallest absolute Gasteiger partial charge is 0.269 e. The molecule has 0 aliphatic carbocycles. The minimum Gasteiger partial charge on any atom is -0.457 e. The summed E-state index contributed by atoms with van der Waals surface area (Å²) >= 11 is 0. The van der Waals surface area contributed by atoms with E-state index in [4.69, 9.17) is 4.42 Å². The van der Waals surface area contributed by atoms with Gasteiger partial charge in [-0.25, -0.2) is 12.7 Å². The van der Waals surface area contributed by atoms with Crippen molar-refractivity contribution in [3.05, 3.63) is 88.2 Å². The lowest BCUT2D eigenvalue weighted by molar-refractivity contribution is -0.384. The molecule has 0 bridgehead atoms. The van der Waals surface area contributed by atoms with Crippen LogP contribution in [0.4, 0.5) is 5.69 Å². The number of rotatable bonds is 7. The summed E-state index contributed by atoms with van der Waals surface area (Å²) in [5.41, 5.74) is 0.874. The molecule has 0 spiro atoms. The fraction of sp³-hybridized carbons (Fsp3) is 0.0952. The van der Waals surface area contributed by atoms with Crippen LogP contribution in [-0.2, 0) is 10.0 Å². The Bertz CT molecular complexity index is 1220. The Labute approximate surface area is 173 Å². The molecule has 0 saturated heterocycles. The van der Waals surface area contributed by atoms with Gasteiger partial charge in [-0.3, -0.25) is 14.9 Å². The Morgan fingerprint density at radius 3 is 2.40 bits per heavy atom. The molecule has 1 heterocycles. The number of carbonyl (C=O) groups excluding carboxylic acids is 1. The first kappa shape index (κ1) is 21.2. The molecular formula is C21H18N2O6S. The first-order valence-electron chi connectivity index (χ1n) is 8.78. The lowest BCUT2D eigenvalue weighted by atomic mass is 10.1. The fourth-order valence-electron chi connectivity index (χ4n) is 2.62. The average molecular weight is 426 g/mol. The van der Waals surface area contributed by atoms with Gasteiger partial charge in [0, 0.05) is 37.4 Å². The molecule has 0 amide bonds. The van der Waals surface area contributed by atoms with Gasteiger partial charge in [0.25, 0.3) is 5.69 Å². The zero-order valence-electron chi connectivity index (χ0n) is 16.2. The number of ketones is 1. The molecule has 0 radical (unpaired) electrons. The maximum atomic E-state index is 12.4. The van der Waals surface area contributed by atoms with Crippen molar-refractivity contribution in [3.8, 4) is 11.3 Å². The standard InChI is InChI=1S/C21H18N2O6S/c1-22(2)30(27,28)19-5-3-4-16(14-19)20(24)12-10-18-11-13-21(29-18)15-6-8-17(9-7-15)23(25)26/h3-14H,1-2H3/b12-10+. The lowest BCUT2D eigenvalue weighted by Gasteiger charge is -2.11. The first-order chi connectivity index (χ1) is 14.2. The van der Waals surface area contributed by atoms with Gasteiger partial charge in [-0.1, -0.05) is 12.1 Å². The SMILES string of the molecule is CN(C)S(=O)(=O)c1cccc(C(=O)/C=C/c2ccc(-c3ccc([N+](=O)[O-])cc3)o2)c1. The molecular weight excluding hydrogens is 408 g/mol. The molecule has 154 valence electrons. The number of hydrogen-bond donors (Lipinski definition) is 0. The molecule has 1 aromatic heterocycles. The summed E-state index contributed by atoms with van der Waals surface area (Å²) in [4.78, 5) is 22.7. The van der Waals surface area contributed by atoms with Crippen LogP contribution in [0.1, 0.15) is 16.1 Å². The molecule has 0 aliphatic heterocycles. The predicted octanol–water partition coefficient (Wildman–Crippen LogP) is 4.00. The van der Waals surface area contributed by atoms with Crippen molar-refractivity contribution in [2.45, 2.75) is 4.90 Å². The topological polar surface area (TPSA) is 111 Å². The minimum atomic E-state index is -3.64. The number of benzene rings is 2. The summed E-state index contributed by atoms with van der Waals surface area (Å²) in [7, 11) is -0.800. The van der Waals surface area contributed by atoms with Gasteiger partial charge in [0.1, 0.15) is 11.5 Å². The maximum Gasteiger partial charge on any atom is 0.269 e. The average Bonchev–Trinajstić information content (AvgIpc) is 3.21. The largest absolute Gasteiger partial charge is 0.457 e. The van der Waals surface area contributed by atoms with Crippen molar-refractivity contribution in [1.29, 1.82) is 0 Å². The van der Waals surface area contributed by atoms with Gasteiger partial charge in [0.05, 0.1) is 9.82 Å². The molecule has 2 aromatic carbocycles. The lowest BCUT2D eigenvalue weighted by Crippen LogP contribution is -2.22. The second-order valence-electron chi connectivity index (χ2n) is 6.52. The highest BCUT2D eigenvalue weighted by atomic mass is 32.2. The Morgan fingerprint density at radius 1 is 1.07 bits per heavy atom. The van der Waals surface area contributed by atoms with E-state index >= 15 is 0 Å². The van der Waals surface area contributed by atoms with Crippen LogP contribution >= 0.6 is 0 Å². The van der Waals surface area contributed by atoms with E-state index in [2.05, 4.69) is 0 Å². The molecule has 3 rings (SSSR count). The van der Waals surface area contributed by atoms with Crippen LogP contribution < -0.4 is 0 Å². The summed E-state index contributed by atoms with van der Waals surface area (Å²) in [6.07, 6.45) is 2.77. The van der Waals surface area contributed by atoms with Crippen molar-refractivity contribution >= 4 is 27.6 Å². The molecule has 9 heteroatoms. The number of hydrogen-bond acceptors (Lipinski definition) is 6. The highest BCUT2D eigenvalue weighted by Crippen LogP contribution is 2.25. The maximum absolute atomic E-state index is 12.4. The normalized spacial score (nSPS) is 11.8. The second-order valence-corrected chi connectivity index (χ2v) is 8.67. The van der Waals surface area contributed by atoms with Crippen LogP contribution in [-0.4, -0.2) is 37.5 Å². The summed E-state index contributed by atoms with van der Waals surface area (Å²) < 4.78 is 31.2. The van der Waals surface area contributed by atoms with E-state index in [1.165, 1.54) is 62.6 Å². The minimum absolute atomic E-state index is 0.0190. The fourth-order valence-corrected chi connectivity index (χ4v) is 3.57. The zero-order valence-corrected chi connectivity index (χ0v) is 17.0. The van der Waals surface area contributed by atoms with E-state index in [1.54, 1.807) is 24.3 Å². The van der Waals surface area contributed by atoms with Gasteiger partial charge in [-0.05, 0) is 48.6 Å². The Balaban J connectivity index is 1.77. The Hall–Kier alpha value is -3.56. The molecule has 0 N–H and O–H groups in total. The first-order valence-corrected chi connectivity index (χ1v) is 10.2. The van der Waals surface area contributed by atoms with Crippen LogP contribution in [0.3, 0.4) is 0 Å². The van der Waals surface area contributed by atoms with Gasteiger partial charge in [-0.2, -0.15) is 0 Å². The van der Waals surface area contributed by atoms with E-state index in [0.717, 1.165) is 4.31 Å². The number of non-ortho nitro benzene ring substituents is 1. The number of sulfonamides is 1. The van der Waals surface area contributed by atoms with Crippen LogP contribution in [0, 0.1) is 10.1 Å². The Kier molecular flexibility index (Phi) is 5.95. The second kappa shape index (κ2) is 8.44. The highest BCUT2D eigenvalue weighted by Gasteiger charge is 2.18. The van der Waals surface area contributed by atoms with Gasteiger partial charge in [-0.15, -0.1) is 0 Å². The number of nitro groups is 1. The number of furan rings is 1. The summed E-state index contributed by atoms with van der Waals surface area (Å²) in [5.74, 6) is 0.531. The number of nitrogens with zero attached hydrogens (tertiary/aromatic N) is 2. The number of carbonyl (C=O) groups is 1. The zero-order chi connectivity index (χ0) is 21.9. The van der Waals surface area contributed by atoms with Crippen molar-refractivity contribution in [3.63, 3.8) is 0 Å². The number of nitro benzene ring substituents is 1. The van der Waals surface area contributed by atoms with Gasteiger partial charge in [0.2, 0.25) is 10.0 Å². The quantitative estimate of drug-likeness (QED) is 0.244. The summed E-state index contributed by atoms with van der Waals surface area (Å²) in [5, 5.41) is 10.7. The predicted molar refractivity (Wildman–Crippen MR) is 111 cm³/mol. The van der Waals surface area contributed by atoms with Crippen LogP contribution in [0.15, 0.2) is 76.1 Å². The number of allylic oxidation sites excluding steroid dienone is 1. The van der Waals surface area contributed by atoms with Gasteiger partial charge in [0.15, 0.2) is 5.78 Å². The molecule has 0 saturated carbocycles. The van der Waals surface area contributed by atoms with Crippen molar-refractivity contribution in [1.82, 2.24) is 4.31 Å². The van der Waals surface area contributed by atoms with E-state index in [9.17, 15) is 23.3 Å². The molecule has 8 nitrogen and oxygen atoms in total. The van der Waals surface area contributed by atoms with Crippen LogP contribution in [0.5, 0.6) is 0 Å². The van der Waals surface area contributed by atoms with E-state index in [0.29, 0.717) is 17.1 Å². The molecule has 3 aromatic rings. The molecule has 30 heavy (non-hydrogen) atoms. The molecule has 0 atom stereocenters.